The number of rotatable bonds is 2. The fraction of sp³-hybridized carbons (Fsp3) is 0.462. The number of ether oxygens (including phenoxy) is 1. The van der Waals surface area contributed by atoms with Crippen molar-refractivity contribution in [2.24, 2.45) is 0 Å². The summed E-state index contributed by atoms with van der Waals surface area (Å²) in [6.07, 6.45) is 1.59. The first kappa shape index (κ1) is 11.0. The molecule has 0 saturated carbocycles. The molecule has 1 unspecified atom stereocenters. The van der Waals surface area contributed by atoms with Gasteiger partial charge in [-0.25, -0.2) is 0 Å². The Kier molecular flexibility index (Phi) is 3.12. The number of fused-ring (bicyclic) bond motifs is 1. The maximum atomic E-state index is 8.88. The van der Waals surface area contributed by atoms with E-state index in [0.29, 0.717) is 6.42 Å². The molecule has 0 amide bonds. The molecule has 16 heavy (non-hydrogen) atoms. The number of nitriles is 1. The molecule has 0 saturated heterocycles. The summed E-state index contributed by atoms with van der Waals surface area (Å²) in [4.78, 5) is 2.24. The average molecular weight is 216 g/mol. The third-order valence-corrected chi connectivity index (χ3v) is 3.26. The highest BCUT2D eigenvalue weighted by Gasteiger charge is 2.24. The molecule has 1 aromatic carbocycles. The summed E-state index contributed by atoms with van der Waals surface area (Å²) in [5, 5.41) is 8.88. The van der Waals surface area contributed by atoms with Gasteiger partial charge in [-0.1, -0.05) is 6.07 Å². The lowest BCUT2D eigenvalue weighted by atomic mass is 9.91. The van der Waals surface area contributed by atoms with Crippen molar-refractivity contribution in [1.29, 1.82) is 5.26 Å². The molecule has 1 aromatic rings. The number of hydrogen-bond acceptors (Lipinski definition) is 3. The molecular formula is C13H16N2O. The first-order valence-electron chi connectivity index (χ1n) is 5.50. The van der Waals surface area contributed by atoms with Crippen LogP contribution in [0.4, 0.5) is 0 Å². The van der Waals surface area contributed by atoms with E-state index in [-0.39, 0.29) is 6.04 Å². The van der Waals surface area contributed by atoms with E-state index in [0.717, 1.165) is 18.7 Å². The van der Waals surface area contributed by atoms with Crippen LogP contribution < -0.4 is 4.74 Å². The van der Waals surface area contributed by atoms with Gasteiger partial charge >= 0.3 is 0 Å². The lowest BCUT2D eigenvalue weighted by Crippen LogP contribution is -2.31. The topological polar surface area (TPSA) is 36.3 Å². The lowest BCUT2D eigenvalue weighted by molar-refractivity contribution is 0.233. The molecule has 0 aromatic heterocycles. The summed E-state index contributed by atoms with van der Waals surface area (Å²) in [5.74, 6) is 0.872. The normalized spacial score (nSPS) is 19.9. The fourth-order valence-corrected chi connectivity index (χ4v) is 2.28. The van der Waals surface area contributed by atoms with E-state index in [1.54, 1.807) is 7.11 Å². The number of likely N-dealkylation sites (N-methyl/N-ethyl adjacent to an activating group) is 1. The van der Waals surface area contributed by atoms with Crippen LogP contribution in [0.5, 0.6) is 5.75 Å². The zero-order chi connectivity index (χ0) is 11.5. The van der Waals surface area contributed by atoms with Gasteiger partial charge in [-0.05, 0) is 36.7 Å². The van der Waals surface area contributed by atoms with E-state index in [2.05, 4.69) is 30.1 Å². The van der Waals surface area contributed by atoms with Crippen LogP contribution in [0, 0.1) is 11.3 Å². The maximum absolute atomic E-state index is 8.88. The van der Waals surface area contributed by atoms with Gasteiger partial charge in [-0.2, -0.15) is 5.26 Å². The predicted molar refractivity (Wildman–Crippen MR) is 62.3 cm³/mol. The van der Waals surface area contributed by atoms with Crippen molar-refractivity contribution in [3.63, 3.8) is 0 Å². The first-order chi connectivity index (χ1) is 7.76. The highest BCUT2D eigenvalue weighted by molar-refractivity contribution is 5.39. The average Bonchev–Trinajstić information content (AvgIpc) is 2.32. The maximum Gasteiger partial charge on any atom is 0.119 e. The van der Waals surface area contributed by atoms with Crippen LogP contribution in [0.15, 0.2) is 18.2 Å². The number of benzene rings is 1. The number of hydrogen-bond donors (Lipinski definition) is 0. The second-order valence-electron chi connectivity index (χ2n) is 4.17. The summed E-state index contributed by atoms with van der Waals surface area (Å²) in [6.45, 7) is 1.02. The van der Waals surface area contributed by atoms with Crippen molar-refractivity contribution >= 4 is 0 Å². The minimum absolute atomic E-state index is 0.212. The van der Waals surface area contributed by atoms with E-state index >= 15 is 0 Å². The van der Waals surface area contributed by atoms with E-state index in [1.807, 2.05) is 6.07 Å². The molecular weight excluding hydrogens is 200 g/mol. The molecule has 0 radical (unpaired) electrons. The Hall–Kier alpha value is -1.53. The summed E-state index contributed by atoms with van der Waals surface area (Å²) in [5.41, 5.74) is 2.59. The number of nitrogens with zero attached hydrogens (tertiary/aromatic N) is 2. The zero-order valence-electron chi connectivity index (χ0n) is 9.73. The standard InChI is InChI=1S/C13H16N2O/c1-15-8-6-10-3-4-11(16-2)9-12(10)13(15)5-7-14/h3-4,9,13H,5-6,8H2,1-2H3. The molecule has 84 valence electrons. The van der Waals surface area contributed by atoms with Gasteiger partial charge in [-0.15, -0.1) is 0 Å². The van der Waals surface area contributed by atoms with Crippen LogP contribution in [0.25, 0.3) is 0 Å². The summed E-state index contributed by atoms with van der Waals surface area (Å²) < 4.78 is 5.24. The van der Waals surface area contributed by atoms with Crippen LogP contribution >= 0.6 is 0 Å². The van der Waals surface area contributed by atoms with Gasteiger partial charge in [0.2, 0.25) is 0 Å². The Bertz CT molecular complexity index is 422. The second kappa shape index (κ2) is 4.54. The Morgan fingerprint density at radius 2 is 2.38 bits per heavy atom. The Morgan fingerprint density at radius 3 is 3.06 bits per heavy atom. The van der Waals surface area contributed by atoms with Crippen molar-refractivity contribution in [3.8, 4) is 11.8 Å². The Morgan fingerprint density at radius 1 is 1.56 bits per heavy atom. The zero-order valence-corrected chi connectivity index (χ0v) is 9.73. The van der Waals surface area contributed by atoms with Crippen molar-refractivity contribution < 1.29 is 4.74 Å². The molecule has 0 fully saturated rings. The Labute approximate surface area is 96.2 Å². The van der Waals surface area contributed by atoms with Gasteiger partial charge in [0.1, 0.15) is 5.75 Å². The molecule has 1 aliphatic heterocycles. The van der Waals surface area contributed by atoms with Crippen molar-refractivity contribution in [2.45, 2.75) is 18.9 Å². The molecule has 0 N–H and O–H groups in total. The highest BCUT2D eigenvalue weighted by Crippen LogP contribution is 2.33. The van der Waals surface area contributed by atoms with Gasteiger partial charge in [0.05, 0.1) is 19.6 Å². The lowest BCUT2D eigenvalue weighted by Gasteiger charge is -2.33. The molecule has 2 rings (SSSR count). The van der Waals surface area contributed by atoms with Gasteiger partial charge in [-0.3, -0.25) is 4.90 Å². The smallest absolute Gasteiger partial charge is 0.119 e. The van der Waals surface area contributed by atoms with Crippen molar-refractivity contribution in [1.82, 2.24) is 4.90 Å². The third kappa shape index (κ3) is 1.89. The van der Waals surface area contributed by atoms with Crippen LogP contribution in [-0.4, -0.2) is 25.6 Å². The highest BCUT2D eigenvalue weighted by atomic mass is 16.5. The molecule has 0 spiro atoms. The summed E-state index contributed by atoms with van der Waals surface area (Å²) in [7, 11) is 3.75. The number of methoxy groups -OCH3 is 1. The fourth-order valence-electron chi connectivity index (χ4n) is 2.28. The monoisotopic (exact) mass is 216 g/mol. The van der Waals surface area contributed by atoms with Crippen LogP contribution in [-0.2, 0) is 6.42 Å². The van der Waals surface area contributed by atoms with Gasteiger partial charge in [0.15, 0.2) is 0 Å². The molecule has 3 heteroatoms. The Balaban J connectivity index is 2.40. The van der Waals surface area contributed by atoms with E-state index in [4.69, 9.17) is 10.00 Å². The minimum Gasteiger partial charge on any atom is -0.497 e. The van der Waals surface area contributed by atoms with Crippen molar-refractivity contribution in [3.05, 3.63) is 29.3 Å². The van der Waals surface area contributed by atoms with E-state index in [9.17, 15) is 0 Å². The van der Waals surface area contributed by atoms with E-state index < -0.39 is 0 Å². The predicted octanol–water partition coefficient (Wildman–Crippen LogP) is 2.14. The van der Waals surface area contributed by atoms with Gasteiger partial charge in [0, 0.05) is 12.6 Å². The minimum atomic E-state index is 0.212. The van der Waals surface area contributed by atoms with Crippen LogP contribution in [0.3, 0.4) is 0 Å². The van der Waals surface area contributed by atoms with Crippen molar-refractivity contribution in [2.75, 3.05) is 20.7 Å². The first-order valence-corrected chi connectivity index (χ1v) is 5.50. The second-order valence-corrected chi connectivity index (χ2v) is 4.17. The third-order valence-electron chi connectivity index (χ3n) is 3.26. The van der Waals surface area contributed by atoms with Gasteiger partial charge < -0.3 is 4.74 Å². The molecule has 1 aliphatic rings. The molecule has 3 nitrogen and oxygen atoms in total. The van der Waals surface area contributed by atoms with Crippen LogP contribution in [0.1, 0.15) is 23.6 Å². The largest absolute Gasteiger partial charge is 0.497 e. The summed E-state index contributed by atoms with van der Waals surface area (Å²) in [6, 6.07) is 8.65. The SMILES string of the molecule is COc1ccc2c(c1)C(CC#N)N(C)CC2. The quantitative estimate of drug-likeness (QED) is 0.760. The molecule has 1 atom stereocenters. The summed E-state index contributed by atoms with van der Waals surface area (Å²) >= 11 is 0. The van der Waals surface area contributed by atoms with E-state index in [1.165, 1.54) is 11.1 Å². The van der Waals surface area contributed by atoms with Gasteiger partial charge in [0.25, 0.3) is 0 Å². The van der Waals surface area contributed by atoms with Crippen LogP contribution in [0.2, 0.25) is 0 Å². The molecule has 0 aliphatic carbocycles. The molecule has 0 bridgehead atoms. The molecule has 1 heterocycles.